The summed E-state index contributed by atoms with van der Waals surface area (Å²) in [5, 5.41) is 5.85. The smallest absolute Gasteiger partial charge is 0.239 e. The molecule has 2 heterocycles. The molecular formula is C24H30N4O2. The third kappa shape index (κ3) is 4.27. The van der Waals surface area contributed by atoms with Gasteiger partial charge in [-0.05, 0) is 49.9 Å². The highest BCUT2D eigenvalue weighted by Crippen LogP contribution is 2.32. The van der Waals surface area contributed by atoms with Crippen molar-refractivity contribution in [3.63, 3.8) is 0 Å². The van der Waals surface area contributed by atoms with E-state index in [4.69, 9.17) is 0 Å². The number of fused-ring (bicyclic) bond motifs is 2. The van der Waals surface area contributed by atoms with E-state index in [0.29, 0.717) is 38.3 Å². The summed E-state index contributed by atoms with van der Waals surface area (Å²) in [5.74, 6) is -0.0372. The van der Waals surface area contributed by atoms with Crippen LogP contribution < -0.4 is 20.4 Å². The summed E-state index contributed by atoms with van der Waals surface area (Å²) in [5.41, 5.74) is 4.88. The molecule has 0 radical (unpaired) electrons. The Morgan fingerprint density at radius 1 is 0.767 bits per heavy atom. The van der Waals surface area contributed by atoms with Crippen molar-refractivity contribution in [1.29, 1.82) is 0 Å². The zero-order valence-corrected chi connectivity index (χ0v) is 17.7. The molecule has 0 spiro atoms. The van der Waals surface area contributed by atoms with Gasteiger partial charge in [0.05, 0.1) is 13.1 Å². The van der Waals surface area contributed by atoms with E-state index in [1.54, 1.807) is 0 Å². The van der Waals surface area contributed by atoms with Gasteiger partial charge in [0.25, 0.3) is 0 Å². The number of anilines is 2. The molecule has 0 aliphatic carbocycles. The summed E-state index contributed by atoms with van der Waals surface area (Å²) < 4.78 is 0. The molecule has 2 amide bonds. The van der Waals surface area contributed by atoms with Crippen molar-refractivity contribution in [3.05, 3.63) is 59.7 Å². The van der Waals surface area contributed by atoms with Gasteiger partial charge in [-0.3, -0.25) is 9.59 Å². The van der Waals surface area contributed by atoms with Crippen molar-refractivity contribution in [1.82, 2.24) is 10.6 Å². The molecule has 2 atom stereocenters. The van der Waals surface area contributed by atoms with E-state index in [2.05, 4.69) is 58.5 Å². The average Bonchev–Trinajstić information content (AvgIpc) is 3.22. The Morgan fingerprint density at radius 3 is 1.60 bits per heavy atom. The van der Waals surface area contributed by atoms with Gasteiger partial charge in [-0.15, -0.1) is 0 Å². The maximum Gasteiger partial charge on any atom is 0.239 e. The van der Waals surface area contributed by atoms with Crippen LogP contribution >= 0.6 is 0 Å². The zero-order valence-electron chi connectivity index (χ0n) is 17.7. The second-order valence-electron chi connectivity index (χ2n) is 8.32. The number of carbonyl (C=O) groups is 2. The molecule has 2 aliphatic heterocycles. The Bertz CT molecular complexity index is 853. The molecule has 0 fully saturated rings. The van der Waals surface area contributed by atoms with Gasteiger partial charge >= 0.3 is 0 Å². The summed E-state index contributed by atoms with van der Waals surface area (Å²) in [4.78, 5) is 29.1. The molecule has 0 saturated carbocycles. The molecule has 2 aliphatic rings. The summed E-state index contributed by atoms with van der Waals surface area (Å²) in [6.45, 7) is 5.83. The number of hydrogen-bond donors (Lipinski definition) is 2. The fourth-order valence-corrected chi connectivity index (χ4v) is 4.57. The van der Waals surface area contributed by atoms with Gasteiger partial charge in [-0.25, -0.2) is 0 Å². The van der Waals surface area contributed by atoms with Gasteiger partial charge in [0.1, 0.15) is 0 Å². The summed E-state index contributed by atoms with van der Waals surface area (Å²) in [6, 6.07) is 17.1. The zero-order chi connectivity index (χ0) is 21.1. The first-order valence-corrected chi connectivity index (χ1v) is 10.8. The van der Waals surface area contributed by atoms with E-state index in [1.807, 2.05) is 24.3 Å². The largest absolute Gasteiger partial charge is 0.359 e. The predicted molar refractivity (Wildman–Crippen MR) is 120 cm³/mol. The fourth-order valence-electron chi connectivity index (χ4n) is 4.57. The van der Waals surface area contributed by atoms with E-state index in [-0.39, 0.29) is 11.8 Å². The normalized spacial score (nSPS) is 19.4. The molecule has 0 saturated heterocycles. The second kappa shape index (κ2) is 8.78. The molecule has 6 heteroatoms. The van der Waals surface area contributed by atoms with Crippen LogP contribution in [0.5, 0.6) is 0 Å². The predicted octanol–water partition coefficient (Wildman–Crippen LogP) is 2.12. The average molecular weight is 407 g/mol. The Morgan fingerprint density at radius 2 is 1.17 bits per heavy atom. The van der Waals surface area contributed by atoms with Gasteiger partial charge in [-0.2, -0.15) is 0 Å². The molecule has 0 bridgehead atoms. The van der Waals surface area contributed by atoms with Crippen molar-refractivity contribution in [2.45, 2.75) is 38.8 Å². The van der Waals surface area contributed by atoms with Crippen molar-refractivity contribution in [2.24, 2.45) is 0 Å². The van der Waals surface area contributed by atoms with Gasteiger partial charge in [0.15, 0.2) is 0 Å². The van der Waals surface area contributed by atoms with E-state index < -0.39 is 0 Å². The number of rotatable bonds is 7. The first kappa shape index (κ1) is 20.3. The van der Waals surface area contributed by atoms with Crippen molar-refractivity contribution < 1.29 is 9.59 Å². The van der Waals surface area contributed by atoms with Gasteiger partial charge < -0.3 is 20.4 Å². The van der Waals surface area contributed by atoms with E-state index in [1.165, 1.54) is 11.1 Å². The van der Waals surface area contributed by atoms with Gasteiger partial charge in [0.2, 0.25) is 11.8 Å². The second-order valence-corrected chi connectivity index (χ2v) is 8.32. The SMILES string of the molecule is C[C@@H]1Cc2ccccc2N1CC(=O)NCCNC(=O)CN1c2ccccc2C[C@@H]1C. The molecular weight excluding hydrogens is 376 g/mol. The minimum absolute atomic E-state index is 0.0186. The number of para-hydroxylation sites is 2. The molecule has 2 aromatic rings. The van der Waals surface area contributed by atoms with Crippen LogP contribution in [-0.4, -0.2) is 50.1 Å². The van der Waals surface area contributed by atoms with Gasteiger partial charge in [-0.1, -0.05) is 36.4 Å². The van der Waals surface area contributed by atoms with E-state index in [0.717, 1.165) is 24.2 Å². The van der Waals surface area contributed by atoms with Crippen LogP contribution in [0, 0.1) is 0 Å². The monoisotopic (exact) mass is 406 g/mol. The molecule has 6 nitrogen and oxygen atoms in total. The molecule has 0 unspecified atom stereocenters. The summed E-state index contributed by atoms with van der Waals surface area (Å²) in [6.07, 6.45) is 1.94. The van der Waals surface area contributed by atoms with Crippen molar-refractivity contribution >= 4 is 23.2 Å². The first-order valence-electron chi connectivity index (χ1n) is 10.8. The van der Waals surface area contributed by atoms with Crippen LogP contribution in [0.3, 0.4) is 0 Å². The minimum Gasteiger partial charge on any atom is -0.359 e. The third-order valence-corrected chi connectivity index (χ3v) is 6.09. The van der Waals surface area contributed by atoms with Gasteiger partial charge in [0, 0.05) is 36.5 Å². The third-order valence-electron chi connectivity index (χ3n) is 6.09. The van der Waals surface area contributed by atoms with E-state index >= 15 is 0 Å². The molecule has 158 valence electrons. The highest BCUT2D eigenvalue weighted by atomic mass is 16.2. The lowest BCUT2D eigenvalue weighted by atomic mass is 10.1. The quantitative estimate of drug-likeness (QED) is 0.692. The maximum atomic E-state index is 12.4. The lowest BCUT2D eigenvalue weighted by Crippen LogP contribution is -2.44. The standard InChI is InChI=1S/C24H30N4O2/c1-17-13-19-7-3-5-9-21(19)27(17)15-23(29)25-11-12-26-24(30)16-28-18(2)14-20-8-4-6-10-22(20)28/h3-10,17-18H,11-16H2,1-2H3,(H,25,29)(H,26,30)/t17-,18+. The number of hydrogen-bond acceptors (Lipinski definition) is 4. The molecule has 30 heavy (non-hydrogen) atoms. The lowest BCUT2D eigenvalue weighted by molar-refractivity contribution is -0.121. The minimum atomic E-state index is -0.0186. The molecule has 2 N–H and O–H groups in total. The van der Waals surface area contributed by atoms with Crippen LogP contribution in [0.1, 0.15) is 25.0 Å². The Labute approximate surface area is 178 Å². The Hall–Kier alpha value is -3.02. The molecule has 2 aromatic carbocycles. The Balaban J connectivity index is 1.19. The number of amides is 2. The number of benzene rings is 2. The lowest BCUT2D eigenvalue weighted by Gasteiger charge is -2.25. The topological polar surface area (TPSA) is 64.7 Å². The maximum absolute atomic E-state index is 12.4. The van der Waals surface area contributed by atoms with Crippen LogP contribution in [-0.2, 0) is 22.4 Å². The van der Waals surface area contributed by atoms with Crippen molar-refractivity contribution in [3.8, 4) is 0 Å². The first-order chi connectivity index (χ1) is 14.5. The Kier molecular flexibility index (Phi) is 5.93. The summed E-state index contributed by atoms with van der Waals surface area (Å²) in [7, 11) is 0. The van der Waals surface area contributed by atoms with Crippen molar-refractivity contribution in [2.75, 3.05) is 36.0 Å². The van der Waals surface area contributed by atoms with Crippen LogP contribution in [0.2, 0.25) is 0 Å². The van der Waals surface area contributed by atoms with Crippen LogP contribution in [0.4, 0.5) is 11.4 Å². The number of carbonyl (C=O) groups excluding carboxylic acids is 2. The molecule has 4 rings (SSSR count). The highest BCUT2D eigenvalue weighted by Gasteiger charge is 2.28. The fraction of sp³-hybridized carbons (Fsp3) is 0.417. The molecule has 0 aromatic heterocycles. The van der Waals surface area contributed by atoms with Crippen LogP contribution in [0.25, 0.3) is 0 Å². The number of nitrogens with one attached hydrogen (secondary N) is 2. The number of nitrogens with zero attached hydrogens (tertiary/aromatic N) is 2. The van der Waals surface area contributed by atoms with Crippen LogP contribution in [0.15, 0.2) is 48.5 Å². The highest BCUT2D eigenvalue weighted by molar-refractivity contribution is 5.84. The van der Waals surface area contributed by atoms with E-state index in [9.17, 15) is 9.59 Å². The summed E-state index contributed by atoms with van der Waals surface area (Å²) >= 11 is 0.